The summed E-state index contributed by atoms with van der Waals surface area (Å²) in [5.41, 5.74) is -0.800. The van der Waals surface area contributed by atoms with Gasteiger partial charge in [0.2, 0.25) is 5.91 Å². The van der Waals surface area contributed by atoms with Crippen LogP contribution >= 0.6 is 0 Å². The number of ether oxygens (including phenoxy) is 1. The highest BCUT2D eigenvalue weighted by Crippen LogP contribution is 2.33. The molecule has 1 heterocycles. The molecule has 1 saturated heterocycles. The Bertz CT molecular complexity index is 330. The maximum atomic E-state index is 12.7. The third kappa shape index (κ3) is 3.70. The standard InChI is InChI=1S/C15H26N2O2/c1-4-7-15(12-16,8-5-2)14(18)17-9-6-13(10-17)11-19-3/h13H,4-11H2,1-3H3. The predicted molar refractivity (Wildman–Crippen MR) is 74.4 cm³/mol. The van der Waals surface area contributed by atoms with Gasteiger partial charge in [-0.3, -0.25) is 4.79 Å². The number of hydrogen-bond donors (Lipinski definition) is 0. The van der Waals surface area contributed by atoms with Gasteiger partial charge in [0.05, 0.1) is 12.7 Å². The lowest BCUT2D eigenvalue weighted by Gasteiger charge is -2.30. The second-order valence-corrected chi connectivity index (χ2v) is 5.56. The number of amides is 1. The molecule has 1 atom stereocenters. The molecule has 108 valence electrons. The smallest absolute Gasteiger partial charge is 0.243 e. The highest BCUT2D eigenvalue weighted by Gasteiger charge is 2.42. The summed E-state index contributed by atoms with van der Waals surface area (Å²) < 4.78 is 5.16. The Hall–Kier alpha value is -1.08. The Balaban J connectivity index is 2.75. The molecule has 0 radical (unpaired) electrons. The largest absolute Gasteiger partial charge is 0.384 e. The topological polar surface area (TPSA) is 53.3 Å². The maximum Gasteiger partial charge on any atom is 0.243 e. The lowest BCUT2D eigenvalue weighted by molar-refractivity contribution is -0.139. The SMILES string of the molecule is CCCC(C#N)(CCC)C(=O)N1CCC(COC)C1. The Morgan fingerprint density at radius 3 is 2.53 bits per heavy atom. The van der Waals surface area contributed by atoms with Gasteiger partial charge in [-0.1, -0.05) is 26.7 Å². The fraction of sp³-hybridized carbons (Fsp3) is 0.867. The number of carbonyl (C=O) groups excluding carboxylic acids is 1. The van der Waals surface area contributed by atoms with Crippen LogP contribution in [0.4, 0.5) is 0 Å². The zero-order chi connectivity index (χ0) is 14.3. The molecule has 19 heavy (non-hydrogen) atoms. The van der Waals surface area contributed by atoms with Gasteiger partial charge >= 0.3 is 0 Å². The molecule has 0 aliphatic carbocycles. The van der Waals surface area contributed by atoms with Gasteiger partial charge in [-0.2, -0.15) is 5.26 Å². The van der Waals surface area contributed by atoms with Crippen molar-refractivity contribution in [3.05, 3.63) is 0 Å². The summed E-state index contributed by atoms with van der Waals surface area (Å²) in [5.74, 6) is 0.464. The molecule has 1 unspecified atom stereocenters. The van der Waals surface area contributed by atoms with Crippen LogP contribution in [0, 0.1) is 22.7 Å². The van der Waals surface area contributed by atoms with Crippen molar-refractivity contribution in [2.24, 2.45) is 11.3 Å². The van der Waals surface area contributed by atoms with Gasteiger partial charge in [-0.25, -0.2) is 0 Å². The summed E-state index contributed by atoms with van der Waals surface area (Å²) in [6.07, 6.45) is 4.06. The van der Waals surface area contributed by atoms with Crippen molar-refractivity contribution in [3.63, 3.8) is 0 Å². The van der Waals surface area contributed by atoms with Crippen LogP contribution in [0.15, 0.2) is 0 Å². The minimum Gasteiger partial charge on any atom is -0.384 e. The molecule has 0 spiro atoms. The third-order valence-corrected chi connectivity index (χ3v) is 3.95. The highest BCUT2D eigenvalue weighted by atomic mass is 16.5. The average molecular weight is 266 g/mol. The number of likely N-dealkylation sites (tertiary alicyclic amines) is 1. The molecule has 4 nitrogen and oxygen atoms in total. The van der Waals surface area contributed by atoms with Gasteiger partial charge in [0.1, 0.15) is 5.41 Å². The van der Waals surface area contributed by atoms with Crippen molar-refractivity contribution in [1.82, 2.24) is 4.90 Å². The minimum atomic E-state index is -0.800. The van der Waals surface area contributed by atoms with Crippen LogP contribution in [0.1, 0.15) is 46.0 Å². The van der Waals surface area contributed by atoms with Crippen LogP contribution in [-0.4, -0.2) is 37.6 Å². The molecule has 1 amide bonds. The zero-order valence-corrected chi connectivity index (χ0v) is 12.4. The fourth-order valence-corrected chi connectivity index (χ4v) is 3.04. The predicted octanol–water partition coefficient (Wildman–Crippen LogP) is 2.59. The Morgan fingerprint density at radius 2 is 2.05 bits per heavy atom. The molecule has 0 aromatic carbocycles. The average Bonchev–Trinajstić information content (AvgIpc) is 2.86. The summed E-state index contributed by atoms with van der Waals surface area (Å²) in [6, 6.07) is 2.32. The van der Waals surface area contributed by atoms with Crippen LogP contribution in [0.2, 0.25) is 0 Å². The van der Waals surface area contributed by atoms with Crippen molar-refractivity contribution < 1.29 is 9.53 Å². The van der Waals surface area contributed by atoms with E-state index in [9.17, 15) is 10.1 Å². The Morgan fingerprint density at radius 1 is 1.42 bits per heavy atom. The van der Waals surface area contributed by atoms with E-state index in [0.29, 0.717) is 25.4 Å². The molecule has 0 aromatic rings. The first kappa shape index (κ1) is 16.0. The van der Waals surface area contributed by atoms with Gasteiger partial charge in [0.25, 0.3) is 0 Å². The van der Waals surface area contributed by atoms with E-state index in [2.05, 4.69) is 6.07 Å². The van der Waals surface area contributed by atoms with E-state index < -0.39 is 5.41 Å². The third-order valence-electron chi connectivity index (χ3n) is 3.95. The van der Waals surface area contributed by atoms with E-state index in [-0.39, 0.29) is 5.91 Å². The van der Waals surface area contributed by atoms with Gasteiger partial charge in [0.15, 0.2) is 0 Å². The minimum absolute atomic E-state index is 0.0392. The van der Waals surface area contributed by atoms with E-state index in [1.54, 1.807) is 7.11 Å². The van der Waals surface area contributed by atoms with Gasteiger partial charge in [-0.05, 0) is 19.3 Å². The normalized spacial score (nSPS) is 19.5. The van der Waals surface area contributed by atoms with E-state index >= 15 is 0 Å². The quantitative estimate of drug-likeness (QED) is 0.711. The summed E-state index contributed by atoms with van der Waals surface area (Å²) in [7, 11) is 1.69. The van der Waals surface area contributed by atoms with Crippen LogP contribution in [-0.2, 0) is 9.53 Å². The van der Waals surface area contributed by atoms with Crippen molar-refractivity contribution in [2.45, 2.75) is 46.0 Å². The van der Waals surface area contributed by atoms with Crippen molar-refractivity contribution in [3.8, 4) is 6.07 Å². The van der Waals surface area contributed by atoms with E-state index in [1.165, 1.54) is 0 Å². The van der Waals surface area contributed by atoms with Crippen molar-refractivity contribution >= 4 is 5.91 Å². The zero-order valence-electron chi connectivity index (χ0n) is 12.4. The molecule has 1 aliphatic heterocycles. The fourth-order valence-electron chi connectivity index (χ4n) is 3.04. The van der Waals surface area contributed by atoms with E-state index in [1.807, 2.05) is 18.7 Å². The molecular formula is C15H26N2O2. The summed E-state index contributed by atoms with van der Waals surface area (Å²) in [6.45, 7) is 6.28. The number of rotatable bonds is 7. The number of nitriles is 1. The maximum absolute atomic E-state index is 12.7. The van der Waals surface area contributed by atoms with Crippen LogP contribution in [0.25, 0.3) is 0 Å². The second-order valence-electron chi connectivity index (χ2n) is 5.56. The number of carbonyl (C=O) groups is 1. The summed E-state index contributed by atoms with van der Waals surface area (Å²) in [4.78, 5) is 14.6. The Labute approximate surface area is 116 Å². The van der Waals surface area contributed by atoms with E-state index in [4.69, 9.17) is 4.74 Å². The molecule has 0 aromatic heterocycles. The summed E-state index contributed by atoms with van der Waals surface area (Å²) >= 11 is 0. The van der Waals surface area contributed by atoms with Crippen molar-refractivity contribution in [1.29, 1.82) is 5.26 Å². The first-order chi connectivity index (χ1) is 9.13. The first-order valence-corrected chi connectivity index (χ1v) is 7.33. The van der Waals surface area contributed by atoms with Gasteiger partial charge < -0.3 is 9.64 Å². The lowest BCUT2D eigenvalue weighted by atomic mass is 9.79. The molecule has 4 heteroatoms. The Kier molecular flexibility index (Phi) is 6.30. The molecule has 0 N–H and O–H groups in total. The molecule has 0 bridgehead atoms. The molecule has 1 fully saturated rings. The van der Waals surface area contributed by atoms with Gasteiger partial charge in [-0.15, -0.1) is 0 Å². The van der Waals surface area contributed by atoms with Crippen molar-refractivity contribution in [2.75, 3.05) is 26.8 Å². The molecule has 1 aliphatic rings. The van der Waals surface area contributed by atoms with Gasteiger partial charge in [0, 0.05) is 26.1 Å². The van der Waals surface area contributed by atoms with E-state index in [0.717, 1.165) is 32.4 Å². The monoisotopic (exact) mass is 266 g/mol. The molecule has 1 rings (SSSR count). The number of nitrogens with zero attached hydrogens (tertiary/aromatic N) is 2. The lowest BCUT2D eigenvalue weighted by Crippen LogP contribution is -2.42. The summed E-state index contributed by atoms with van der Waals surface area (Å²) in [5, 5.41) is 9.52. The first-order valence-electron chi connectivity index (χ1n) is 7.33. The number of hydrogen-bond acceptors (Lipinski definition) is 3. The highest BCUT2D eigenvalue weighted by molar-refractivity contribution is 5.85. The number of methoxy groups -OCH3 is 1. The van der Waals surface area contributed by atoms with Crippen LogP contribution < -0.4 is 0 Å². The molecular weight excluding hydrogens is 240 g/mol. The molecule has 0 saturated carbocycles. The van der Waals surface area contributed by atoms with Crippen LogP contribution in [0.3, 0.4) is 0 Å². The second kappa shape index (κ2) is 7.49. The van der Waals surface area contributed by atoms with Crippen LogP contribution in [0.5, 0.6) is 0 Å².